The summed E-state index contributed by atoms with van der Waals surface area (Å²) in [5, 5.41) is 3.14. The first-order chi connectivity index (χ1) is 18.4. The highest BCUT2D eigenvalue weighted by atomic mass is 16.5. The van der Waals surface area contributed by atoms with Crippen LogP contribution in [-0.4, -0.2) is 26.7 Å². The fraction of sp³-hybridized carbons (Fsp3) is 0.242. The predicted molar refractivity (Wildman–Crippen MR) is 151 cm³/mol. The molecule has 4 aromatic rings. The molecule has 0 aliphatic rings. The van der Waals surface area contributed by atoms with Crippen molar-refractivity contribution in [1.82, 2.24) is 5.32 Å². The molecule has 0 heterocycles. The Bertz CT molecular complexity index is 1300. The molecule has 4 aromatic carbocycles. The van der Waals surface area contributed by atoms with Gasteiger partial charge in [0.05, 0.1) is 20.3 Å². The number of carbonyl (C=O) groups excluding carboxylic acids is 1. The summed E-state index contributed by atoms with van der Waals surface area (Å²) in [4.78, 5) is 12.9. The molecule has 5 nitrogen and oxygen atoms in total. The van der Waals surface area contributed by atoms with Crippen LogP contribution in [0.15, 0.2) is 91.0 Å². The molecule has 0 aliphatic carbocycles. The highest BCUT2D eigenvalue weighted by Gasteiger charge is 2.18. The maximum absolute atomic E-state index is 12.9. The summed E-state index contributed by atoms with van der Waals surface area (Å²) in [6, 6.07) is 29.9. The number of hydrogen-bond donors (Lipinski definition) is 1. The van der Waals surface area contributed by atoms with Gasteiger partial charge in [0.2, 0.25) is 0 Å². The van der Waals surface area contributed by atoms with Crippen molar-refractivity contribution in [2.75, 3.05) is 20.8 Å². The number of methoxy groups -OCH3 is 2. The van der Waals surface area contributed by atoms with Crippen LogP contribution in [0, 0.1) is 13.8 Å². The minimum atomic E-state index is -0.255. The van der Waals surface area contributed by atoms with Gasteiger partial charge in [-0.3, -0.25) is 4.79 Å². The Labute approximate surface area is 225 Å². The molecule has 0 radical (unpaired) electrons. The molecular formula is C33H35NO4. The number of amides is 1. The highest BCUT2D eigenvalue weighted by Crippen LogP contribution is 2.34. The minimum Gasteiger partial charge on any atom is -0.497 e. The molecule has 0 saturated carbocycles. The second kappa shape index (κ2) is 12.3. The normalized spacial score (nSPS) is 11.6. The number of benzene rings is 4. The van der Waals surface area contributed by atoms with E-state index in [0.717, 1.165) is 33.8 Å². The molecule has 1 unspecified atom stereocenters. The van der Waals surface area contributed by atoms with Crippen LogP contribution in [0.4, 0.5) is 0 Å². The first-order valence-electron chi connectivity index (χ1n) is 12.7. The van der Waals surface area contributed by atoms with Crippen LogP contribution in [0.2, 0.25) is 0 Å². The molecular weight excluding hydrogens is 474 g/mol. The zero-order valence-electron chi connectivity index (χ0n) is 22.7. The van der Waals surface area contributed by atoms with Gasteiger partial charge < -0.3 is 19.5 Å². The first-order valence-corrected chi connectivity index (χ1v) is 12.7. The van der Waals surface area contributed by atoms with E-state index >= 15 is 0 Å². The lowest BCUT2D eigenvalue weighted by Gasteiger charge is -2.21. The lowest BCUT2D eigenvalue weighted by Crippen LogP contribution is -2.33. The standard InChI is InChI=1S/C33H35NO4/c1-22-6-10-26(11-7-22)33(27-12-8-23(2)9-13-27)34-32(35)21-38-28-16-14-25(15-17-28)24(3)30-19-18-29(36-4)20-31(30)37-5/h6-20,24,33H,21H2,1-5H3,(H,34,35). The Hall–Kier alpha value is -4.25. The zero-order chi connectivity index (χ0) is 27.1. The van der Waals surface area contributed by atoms with Gasteiger partial charge in [-0.2, -0.15) is 0 Å². The number of aryl methyl sites for hydroxylation is 2. The van der Waals surface area contributed by atoms with Crippen molar-refractivity contribution < 1.29 is 19.0 Å². The van der Waals surface area contributed by atoms with E-state index < -0.39 is 0 Å². The fourth-order valence-corrected chi connectivity index (χ4v) is 4.44. The molecule has 0 aromatic heterocycles. The number of rotatable bonds is 10. The summed E-state index contributed by atoms with van der Waals surface area (Å²) in [6.45, 7) is 6.16. The van der Waals surface area contributed by atoms with E-state index in [1.807, 2.05) is 42.5 Å². The minimum absolute atomic E-state index is 0.0740. The molecule has 196 valence electrons. The molecule has 0 fully saturated rings. The zero-order valence-corrected chi connectivity index (χ0v) is 22.7. The van der Waals surface area contributed by atoms with Gasteiger partial charge in [0, 0.05) is 17.5 Å². The number of ether oxygens (including phenoxy) is 3. The maximum atomic E-state index is 12.9. The van der Waals surface area contributed by atoms with Crippen LogP contribution in [-0.2, 0) is 4.79 Å². The van der Waals surface area contributed by atoms with Crippen molar-refractivity contribution in [3.63, 3.8) is 0 Å². The van der Waals surface area contributed by atoms with Gasteiger partial charge in [0.1, 0.15) is 17.2 Å². The highest BCUT2D eigenvalue weighted by molar-refractivity contribution is 5.78. The number of carbonyl (C=O) groups is 1. The average Bonchev–Trinajstić information content (AvgIpc) is 2.95. The Kier molecular flexibility index (Phi) is 8.70. The lowest BCUT2D eigenvalue weighted by atomic mass is 9.92. The molecule has 1 amide bonds. The van der Waals surface area contributed by atoms with Gasteiger partial charge in [0.15, 0.2) is 6.61 Å². The summed E-state index contributed by atoms with van der Waals surface area (Å²) >= 11 is 0. The quantitative estimate of drug-likeness (QED) is 0.257. The molecule has 5 heteroatoms. The monoisotopic (exact) mass is 509 g/mol. The van der Waals surface area contributed by atoms with E-state index in [0.29, 0.717) is 5.75 Å². The third-order valence-corrected chi connectivity index (χ3v) is 6.78. The molecule has 1 N–H and O–H groups in total. The van der Waals surface area contributed by atoms with Crippen molar-refractivity contribution in [2.45, 2.75) is 32.7 Å². The summed E-state index contributed by atoms with van der Waals surface area (Å²) in [5.41, 5.74) is 6.59. The second-order valence-electron chi connectivity index (χ2n) is 9.51. The third-order valence-electron chi connectivity index (χ3n) is 6.78. The van der Waals surface area contributed by atoms with Crippen LogP contribution >= 0.6 is 0 Å². The van der Waals surface area contributed by atoms with Crippen molar-refractivity contribution in [3.8, 4) is 17.2 Å². The van der Waals surface area contributed by atoms with E-state index in [1.165, 1.54) is 11.1 Å². The Morgan fingerprint density at radius 3 is 1.76 bits per heavy atom. The van der Waals surface area contributed by atoms with Crippen LogP contribution in [0.25, 0.3) is 0 Å². The number of hydrogen-bond acceptors (Lipinski definition) is 4. The molecule has 38 heavy (non-hydrogen) atoms. The molecule has 1 atom stereocenters. The molecule has 0 bridgehead atoms. The van der Waals surface area contributed by atoms with Crippen molar-refractivity contribution >= 4 is 5.91 Å². The fourth-order valence-electron chi connectivity index (χ4n) is 4.44. The van der Waals surface area contributed by atoms with Gasteiger partial charge in [-0.15, -0.1) is 0 Å². The van der Waals surface area contributed by atoms with Crippen molar-refractivity contribution in [1.29, 1.82) is 0 Å². The first kappa shape index (κ1) is 26.8. The van der Waals surface area contributed by atoms with Gasteiger partial charge in [0.25, 0.3) is 5.91 Å². The lowest BCUT2D eigenvalue weighted by molar-refractivity contribution is -0.123. The van der Waals surface area contributed by atoms with Gasteiger partial charge in [-0.25, -0.2) is 0 Å². The van der Waals surface area contributed by atoms with Crippen LogP contribution in [0.3, 0.4) is 0 Å². The summed E-state index contributed by atoms with van der Waals surface area (Å²) in [5.74, 6) is 2.10. The Morgan fingerprint density at radius 1 is 0.711 bits per heavy atom. The van der Waals surface area contributed by atoms with Gasteiger partial charge in [-0.1, -0.05) is 84.8 Å². The molecule has 0 aliphatic heterocycles. The topological polar surface area (TPSA) is 56.8 Å². The van der Waals surface area contributed by atoms with E-state index in [2.05, 4.69) is 74.6 Å². The Morgan fingerprint density at radius 2 is 1.24 bits per heavy atom. The van der Waals surface area contributed by atoms with Crippen LogP contribution in [0.5, 0.6) is 17.2 Å². The largest absolute Gasteiger partial charge is 0.497 e. The van der Waals surface area contributed by atoms with E-state index in [-0.39, 0.29) is 24.5 Å². The van der Waals surface area contributed by atoms with Crippen LogP contribution < -0.4 is 19.5 Å². The van der Waals surface area contributed by atoms with Gasteiger partial charge >= 0.3 is 0 Å². The Balaban J connectivity index is 1.41. The number of nitrogens with one attached hydrogen (secondary N) is 1. The second-order valence-corrected chi connectivity index (χ2v) is 9.51. The van der Waals surface area contributed by atoms with Crippen molar-refractivity contribution in [3.05, 3.63) is 124 Å². The summed E-state index contributed by atoms with van der Waals surface area (Å²) < 4.78 is 16.7. The smallest absolute Gasteiger partial charge is 0.258 e. The predicted octanol–water partition coefficient (Wildman–Crippen LogP) is 6.76. The van der Waals surface area contributed by atoms with Crippen molar-refractivity contribution in [2.24, 2.45) is 0 Å². The van der Waals surface area contributed by atoms with Gasteiger partial charge in [-0.05, 0) is 48.7 Å². The van der Waals surface area contributed by atoms with E-state index in [9.17, 15) is 4.79 Å². The maximum Gasteiger partial charge on any atom is 0.258 e. The SMILES string of the molecule is COc1ccc(C(C)c2ccc(OCC(=O)NC(c3ccc(C)cc3)c3ccc(C)cc3)cc2)c(OC)c1. The molecule has 4 rings (SSSR count). The third kappa shape index (κ3) is 6.54. The summed E-state index contributed by atoms with van der Waals surface area (Å²) in [6.07, 6.45) is 0. The molecule has 0 saturated heterocycles. The average molecular weight is 510 g/mol. The summed E-state index contributed by atoms with van der Waals surface area (Å²) in [7, 11) is 3.30. The van der Waals surface area contributed by atoms with E-state index in [1.54, 1.807) is 14.2 Å². The van der Waals surface area contributed by atoms with E-state index in [4.69, 9.17) is 14.2 Å². The van der Waals surface area contributed by atoms with Crippen LogP contribution in [0.1, 0.15) is 52.3 Å². The molecule has 0 spiro atoms.